The Kier molecular flexibility index (Phi) is 3.99. The molecular weight excluding hydrogens is 224 g/mol. The van der Waals surface area contributed by atoms with Crippen LogP contribution in [0.2, 0.25) is 0 Å². The van der Waals surface area contributed by atoms with Crippen molar-refractivity contribution < 1.29 is 0 Å². The molecule has 0 aliphatic rings. The van der Waals surface area contributed by atoms with Gasteiger partial charge in [-0.15, -0.1) is 0 Å². The number of para-hydroxylation sites is 2. The van der Waals surface area contributed by atoms with E-state index >= 15 is 0 Å². The van der Waals surface area contributed by atoms with Crippen LogP contribution in [0.15, 0.2) is 24.3 Å². The van der Waals surface area contributed by atoms with Gasteiger partial charge in [0.05, 0.1) is 17.1 Å². The lowest BCUT2D eigenvalue weighted by Gasteiger charge is -2.16. The van der Waals surface area contributed by atoms with Crippen LogP contribution in [0.1, 0.15) is 18.8 Å². The number of rotatable bonds is 5. The standard InChI is InChI=1S/C14H22N4/c1-11(15-9-10-17(2)3)14-16-12-7-5-6-8-13(12)18(14)4/h5-8,11,15H,9-10H2,1-4H3. The second kappa shape index (κ2) is 5.50. The maximum absolute atomic E-state index is 4.70. The van der Waals surface area contributed by atoms with Crippen LogP contribution in [0.25, 0.3) is 11.0 Å². The molecule has 4 nitrogen and oxygen atoms in total. The molecule has 1 aromatic heterocycles. The molecule has 0 aliphatic heterocycles. The largest absolute Gasteiger partial charge is 0.330 e. The normalized spacial score (nSPS) is 13.4. The molecule has 1 unspecified atom stereocenters. The van der Waals surface area contributed by atoms with E-state index in [2.05, 4.69) is 61.0 Å². The van der Waals surface area contributed by atoms with E-state index < -0.39 is 0 Å². The summed E-state index contributed by atoms with van der Waals surface area (Å²) in [7, 11) is 6.25. The van der Waals surface area contributed by atoms with Crippen molar-refractivity contribution >= 4 is 11.0 Å². The summed E-state index contributed by atoms with van der Waals surface area (Å²) in [4.78, 5) is 6.87. The monoisotopic (exact) mass is 246 g/mol. The van der Waals surface area contributed by atoms with Gasteiger partial charge in [0.1, 0.15) is 5.82 Å². The van der Waals surface area contributed by atoms with E-state index in [9.17, 15) is 0 Å². The van der Waals surface area contributed by atoms with Crippen LogP contribution in [0.4, 0.5) is 0 Å². The third kappa shape index (κ3) is 2.71. The molecule has 0 bridgehead atoms. The Morgan fingerprint density at radius 3 is 2.72 bits per heavy atom. The van der Waals surface area contributed by atoms with Gasteiger partial charge in [-0.1, -0.05) is 12.1 Å². The summed E-state index contributed by atoms with van der Waals surface area (Å²) < 4.78 is 2.17. The third-order valence-electron chi connectivity index (χ3n) is 3.22. The predicted octanol–water partition coefficient (Wildman–Crippen LogP) is 1.79. The van der Waals surface area contributed by atoms with E-state index in [1.54, 1.807) is 0 Å². The number of fused-ring (bicyclic) bond motifs is 1. The van der Waals surface area contributed by atoms with Gasteiger partial charge in [0, 0.05) is 20.1 Å². The highest BCUT2D eigenvalue weighted by atomic mass is 15.1. The Morgan fingerprint density at radius 2 is 2.06 bits per heavy atom. The highest BCUT2D eigenvalue weighted by Gasteiger charge is 2.13. The molecule has 1 aromatic carbocycles. The highest BCUT2D eigenvalue weighted by Crippen LogP contribution is 2.18. The van der Waals surface area contributed by atoms with Crippen molar-refractivity contribution in [2.24, 2.45) is 7.05 Å². The fraction of sp³-hybridized carbons (Fsp3) is 0.500. The van der Waals surface area contributed by atoms with Crippen molar-refractivity contribution in [2.45, 2.75) is 13.0 Å². The first-order valence-corrected chi connectivity index (χ1v) is 6.39. The first kappa shape index (κ1) is 13.1. The SMILES string of the molecule is CC(NCCN(C)C)c1nc2ccccc2n1C. The molecule has 4 heteroatoms. The van der Waals surface area contributed by atoms with Crippen LogP contribution in [-0.4, -0.2) is 41.6 Å². The van der Waals surface area contributed by atoms with Crippen LogP contribution < -0.4 is 5.32 Å². The van der Waals surface area contributed by atoms with Crippen molar-refractivity contribution in [3.63, 3.8) is 0 Å². The highest BCUT2D eigenvalue weighted by molar-refractivity contribution is 5.75. The van der Waals surface area contributed by atoms with Gasteiger partial charge in [-0.3, -0.25) is 0 Å². The summed E-state index contributed by atoms with van der Waals surface area (Å²) in [6.45, 7) is 4.17. The smallest absolute Gasteiger partial charge is 0.126 e. The lowest BCUT2D eigenvalue weighted by molar-refractivity contribution is 0.385. The van der Waals surface area contributed by atoms with Crippen LogP contribution in [0.3, 0.4) is 0 Å². The molecule has 0 aliphatic carbocycles. The third-order valence-corrected chi connectivity index (χ3v) is 3.22. The van der Waals surface area contributed by atoms with Gasteiger partial charge in [0.2, 0.25) is 0 Å². The molecule has 18 heavy (non-hydrogen) atoms. The van der Waals surface area contributed by atoms with Gasteiger partial charge in [-0.25, -0.2) is 4.98 Å². The molecule has 0 saturated carbocycles. The van der Waals surface area contributed by atoms with Gasteiger partial charge >= 0.3 is 0 Å². The van der Waals surface area contributed by atoms with Crippen LogP contribution in [0, 0.1) is 0 Å². The Bertz CT molecular complexity index is 515. The lowest BCUT2D eigenvalue weighted by Crippen LogP contribution is -2.29. The zero-order valence-electron chi connectivity index (χ0n) is 11.6. The summed E-state index contributed by atoms with van der Waals surface area (Å²) in [6, 6.07) is 8.52. The van der Waals surface area contributed by atoms with E-state index in [1.807, 2.05) is 6.07 Å². The molecule has 0 spiro atoms. The average molecular weight is 246 g/mol. The number of hydrogen-bond donors (Lipinski definition) is 1. The summed E-state index contributed by atoms with van der Waals surface area (Å²) in [5, 5.41) is 3.51. The molecule has 1 atom stereocenters. The van der Waals surface area contributed by atoms with Gasteiger partial charge in [-0.2, -0.15) is 0 Å². The molecule has 98 valence electrons. The molecule has 0 radical (unpaired) electrons. The van der Waals surface area contributed by atoms with Gasteiger partial charge in [0.25, 0.3) is 0 Å². The molecule has 1 heterocycles. The molecule has 2 rings (SSSR count). The zero-order chi connectivity index (χ0) is 13.1. The second-order valence-electron chi connectivity index (χ2n) is 5.00. The molecule has 0 fully saturated rings. The predicted molar refractivity (Wildman–Crippen MR) is 75.7 cm³/mol. The van der Waals surface area contributed by atoms with Crippen molar-refractivity contribution in [3.05, 3.63) is 30.1 Å². The van der Waals surface area contributed by atoms with Crippen LogP contribution >= 0.6 is 0 Å². The topological polar surface area (TPSA) is 33.1 Å². The number of hydrogen-bond acceptors (Lipinski definition) is 3. The Morgan fingerprint density at radius 1 is 1.33 bits per heavy atom. The summed E-state index contributed by atoms with van der Waals surface area (Å²) in [5.41, 5.74) is 2.25. The number of aromatic nitrogens is 2. The minimum atomic E-state index is 0.266. The molecule has 2 aromatic rings. The van der Waals surface area contributed by atoms with Crippen molar-refractivity contribution in [1.82, 2.24) is 19.8 Å². The number of nitrogens with zero attached hydrogens (tertiary/aromatic N) is 3. The van der Waals surface area contributed by atoms with E-state index in [4.69, 9.17) is 4.98 Å². The first-order valence-electron chi connectivity index (χ1n) is 6.39. The first-order chi connectivity index (χ1) is 8.59. The van der Waals surface area contributed by atoms with Crippen molar-refractivity contribution in [2.75, 3.05) is 27.2 Å². The van der Waals surface area contributed by atoms with E-state index in [0.717, 1.165) is 24.4 Å². The summed E-state index contributed by atoms with van der Waals surface area (Å²) in [5.74, 6) is 1.09. The number of benzene rings is 1. The summed E-state index contributed by atoms with van der Waals surface area (Å²) in [6.07, 6.45) is 0. The van der Waals surface area contributed by atoms with E-state index in [0.29, 0.717) is 0 Å². The molecule has 0 amide bonds. The number of aryl methyl sites for hydroxylation is 1. The molecule has 1 N–H and O–H groups in total. The Balaban J connectivity index is 2.12. The second-order valence-corrected chi connectivity index (χ2v) is 5.00. The maximum Gasteiger partial charge on any atom is 0.126 e. The Labute approximate surface area is 109 Å². The van der Waals surface area contributed by atoms with Crippen molar-refractivity contribution in [3.8, 4) is 0 Å². The zero-order valence-corrected chi connectivity index (χ0v) is 11.6. The van der Waals surface area contributed by atoms with Crippen molar-refractivity contribution in [1.29, 1.82) is 0 Å². The minimum Gasteiger partial charge on any atom is -0.330 e. The van der Waals surface area contributed by atoms with Crippen LogP contribution in [0.5, 0.6) is 0 Å². The fourth-order valence-corrected chi connectivity index (χ4v) is 2.15. The van der Waals surface area contributed by atoms with Crippen LogP contribution in [-0.2, 0) is 7.05 Å². The minimum absolute atomic E-state index is 0.266. The Hall–Kier alpha value is -1.39. The van der Waals surface area contributed by atoms with Gasteiger partial charge in [-0.05, 0) is 33.2 Å². The van der Waals surface area contributed by atoms with Gasteiger partial charge < -0.3 is 14.8 Å². The number of imidazole rings is 1. The average Bonchev–Trinajstić information content (AvgIpc) is 2.67. The maximum atomic E-state index is 4.70. The number of nitrogens with one attached hydrogen (secondary N) is 1. The molecule has 0 saturated heterocycles. The number of likely N-dealkylation sites (N-methyl/N-ethyl adjacent to an activating group) is 1. The fourth-order valence-electron chi connectivity index (χ4n) is 2.15. The summed E-state index contributed by atoms with van der Waals surface area (Å²) >= 11 is 0. The quantitative estimate of drug-likeness (QED) is 0.873. The van der Waals surface area contributed by atoms with E-state index in [-0.39, 0.29) is 6.04 Å². The van der Waals surface area contributed by atoms with Gasteiger partial charge in [0.15, 0.2) is 0 Å². The van der Waals surface area contributed by atoms with E-state index in [1.165, 1.54) is 5.52 Å². The molecular formula is C14H22N4. The lowest BCUT2D eigenvalue weighted by atomic mass is 10.3.